The Balaban J connectivity index is 1.85. The van der Waals surface area contributed by atoms with E-state index in [0.717, 1.165) is 5.56 Å². The molecule has 0 bridgehead atoms. The van der Waals surface area contributed by atoms with Gasteiger partial charge in [-0.15, -0.1) is 0 Å². The molecule has 2 aromatic carbocycles. The molecule has 0 aliphatic heterocycles. The summed E-state index contributed by atoms with van der Waals surface area (Å²) in [6, 6.07) is 13.8. The van der Waals surface area contributed by atoms with Crippen molar-refractivity contribution in [3.63, 3.8) is 0 Å². The van der Waals surface area contributed by atoms with Crippen molar-refractivity contribution in [1.82, 2.24) is 14.5 Å². The van der Waals surface area contributed by atoms with Gasteiger partial charge in [-0.05, 0) is 30.6 Å². The summed E-state index contributed by atoms with van der Waals surface area (Å²) in [6.45, 7) is 5.60. The average Bonchev–Trinajstić information content (AvgIpc) is 3.16. The number of imidazole rings is 1. The van der Waals surface area contributed by atoms with E-state index in [1.54, 1.807) is 52.3 Å². The van der Waals surface area contributed by atoms with Crippen molar-refractivity contribution >= 4 is 33.1 Å². The molecule has 0 N–H and O–H groups in total. The zero-order chi connectivity index (χ0) is 19.7. The Morgan fingerprint density at radius 2 is 1.75 bits per heavy atom. The minimum absolute atomic E-state index is 0.0195. The predicted octanol–water partition coefficient (Wildman–Crippen LogP) is 3.51. The number of sulfonamides is 1. The Morgan fingerprint density at radius 3 is 2.39 bits per heavy atom. The number of para-hydroxylation sites is 2. The topological polar surface area (TPSA) is 82.8 Å². The van der Waals surface area contributed by atoms with E-state index in [1.807, 2.05) is 25.1 Å². The fraction of sp³-hybridized carbons (Fsp3) is 0.0500. The third kappa shape index (κ3) is 3.37. The lowest BCUT2D eigenvalue weighted by molar-refractivity contribution is -0.566. The Kier molecular flexibility index (Phi) is 4.40. The molecule has 0 radical (unpaired) electrons. The highest BCUT2D eigenvalue weighted by Crippen LogP contribution is 2.32. The fourth-order valence-corrected chi connectivity index (χ4v) is 3.63. The largest absolute Gasteiger partial charge is 0.429 e. The maximum absolute atomic E-state index is 12.8. The van der Waals surface area contributed by atoms with Gasteiger partial charge in [-0.25, -0.2) is 18.0 Å². The average molecular weight is 391 g/mol. The van der Waals surface area contributed by atoms with Gasteiger partial charge < -0.3 is 9.71 Å². The summed E-state index contributed by atoms with van der Waals surface area (Å²) in [5, 5.41) is 0. The van der Waals surface area contributed by atoms with Gasteiger partial charge in [-0.1, -0.05) is 42.5 Å². The van der Waals surface area contributed by atoms with Gasteiger partial charge >= 0.3 is 0 Å². The molecule has 28 heavy (non-hydrogen) atoms. The Labute approximate surface area is 162 Å². The highest BCUT2D eigenvalue weighted by atomic mass is 32.2. The van der Waals surface area contributed by atoms with Crippen molar-refractivity contribution in [1.29, 1.82) is 0 Å². The Hall–Kier alpha value is -3.52. The van der Waals surface area contributed by atoms with E-state index >= 15 is 0 Å². The third-order valence-electron chi connectivity index (χ3n) is 4.17. The molecule has 0 aliphatic rings. The molecule has 0 saturated carbocycles. The summed E-state index contributed by atoms with van der Waals surface area (Å²) in [6.07, 6.45) is 6.83. The lowest BCUT2D eigenvalue weighted by Gasteiger charge is -2.18. The standard InChI is InChI=1S/C20H17N5O2S/c1-3-24-12-13-25(14-24)20-19(21-17-6-4-5-7-18(17)22-20)23-28(26,27)16-10-8-15(2)9-11-16/h3-14H,1H2,2H3. The molecule has 4 aromatic rings. The number of aryl methyl sites for hydroxylation is 1. The molecule has 2 aromatic heterocycles. The highest BCUT2D eigenvalue weighted by Gasteiger charge is 2.16. The van der Waals surface area contributed by atoms with Crippen LogP contribution in [0.5, 0.6) is 0 Å². The van der Waals surface area contributed by atoms with Crippen molar-refractivity contribution in [2.45, 2.75) is 11.8 Å². The van der Waals surface area contributed by atoms with E-state index in [1.165, 1.54) is 12.1 Å². The zero-order valence-corrected chi connectivity index (χ0v) is 15.9. The minimum atomic E-state index is -3.95. The summed E-state index contributed by atoms with van der Waals surface area (Å²) in [5.41, 5.74) is 2.17. The third-order valence-corrected chi connectivity index (χ3v) is 5.45. The molecule has 7 nitrogen and oxygen atoms in total. The quantitative estimate of drug-likeness (QED) is 0.488. The number of hydrogen-bond acceptors (Lipinski definition) is 4. The minimum Gasteiger partial charge on any atom is -0.429 e. The summed E-state index contributed by atoms with van der Waals surface area (Å²) < 4.78 is 33.0. The van der Waals surface area contributed by atoms with Gasteiger partial charge in [0.25, 0.3) is 6.33 Å². The molecule has 0 amide bonds. The second-order valence-corrected chi connectivity index (χ2v) is 7.79. The normalized spacial score (nSPS) is 11.5. The number of aromatic nitrogens is 4. The number of benzene rings is 2. The Morgan fingerprint density at radius 1 is 1.07 bits per heavy atom. The van der Waals surface area contributed by atoms with Crippen molar-refractivity contribution in [3.05, 3.63) is 84.1 Å². The summed E-state index contributed by atoms with van der Waals surface area (Å²) in [5.74, 6) is 0.334. The predicted molar refractivity (Wildman–Crippen MR) is 107 cm³/mol. The molecule has 0 spiro atoms. The van der Waals surface area contributed by atoms with E-state index in [-0.39, 0.29) is 10.7 Å². The van der Waals surface area contributed by atoms with Gasteiger partial charge in [0.2, 0.25) is 15.8 Å². The SMILES string of the molecule is C=C[n+]1ccn(-c2nc3ccccc3nc2[N-]S(=O)(=O)c2ccc(C)cc2)c1. The molecular formula is C20H17N5O2S. The van der Waals surface area contributed by atoms with E-state index in [4.69, 9.17) is 0 Å². The molecule has 0 atom stereocenters. The van der Waals surface area contributed by atoms with Crippen LogP contribution in [0, 0.1) is 6.92 Å². The monoisotopic (exact) mass is 391 g/mol. The van der Waals surface area contributed by atoms with Crippen LogP contribution >= 0.6 is 0 Å². The van der Waals surface area contributed by atoms with E-state index in [9.17, 15) is 8.42 Å². The van der Waals surface area contributed by atoms with Gasteiger partial charge in [0.1, 0.15) is 12.4 Å². The molecule has 0 saturated heterocycles. The molecule has 0 fully saturated rings. The van der Waals surface area contributed by atoms with E-state index < -0.39 is 10.0 Å². The van der Waals surface area contributed by atoms with Gasteiger partial charge in [0.05, 0.1) is 16.6 Å². The molecular weight excluding hydrogens is 374 g/mol. The van der Waals surface area contributed by atoms with Crippen LogP contribution in [0.3, 0.4) is 0 Å². The van der Waals surface area contributed by atoms with Gasteiger partial charge in [0.15, 0.2) is 0 Å². The summed E-state index contributed by atoms with van der Waals surface area (Å²) >= 11 is 0. The number of hydrogen-bond donors (Lipinski definition) is 0. The van der Waals surface area contributed by atoms with Crippen LogP contribution in [0.4, 0.5) is 5.82 Å². The molecule has 2 heterocycles. The molecule has 0 aliphatic carbocycles. The van der Waals surface area contributed by atoms with Gasteiger partial charge in [0, 0.05) is 5.82 Å². The van der Waals surface area contributed by atoms with Crippen LogP contribution in [0.25, 0.3) is 27.8 Å². The number of rotatable bonds is 5. The number of nitrogens with zero attached hydrogens (tertiary/aromatic N) is 5. The first-order valence-electron chi connectivity index (χ1n) is 8.49. The molecule has 0 unspecified atom stereocenters. The second kappa shape index (κ2) is 6.90. The van der Waals surface area contributed by atoms with Gasteiger partial charge in [-0.2, -0.15) is 4.57 Å². The van der Waals surface area contributed by atoms with Crippen LogP contribution in [0.15, 0.2) is 78.7 Å². The first-order chi connectivity index (χ1) is 13.5. The fourth-order valence-electron chi connectivity index (χ4n) is 2.70. The van der Waals surface area contributed by atoms with Crippen molar-refractivity contribution in [2.75, 3.05) is 0 Å². The van der Waals surface area contributed by atoms with Crippen LogP contribution in [-0.2, 0) is 10.0 Å². The maximum atomic E-state index is 12.8. The summed E-state index contributed by atoms with van der Waals surface area (Å²) in [4.78, 5) is 9.13. The van der Waals surface area contributed by atoms with Crippen molar-refractivity contribution in [3.8, 4) is 5.82 Å². The van der Waals surface area contributed by atoms with Gasteiger partial charge in [-0.3, -0.25) is 0 Å². The smallest absolute Gasteiger partial charge is 0.254 e. The van der Waals surface area contributed by atoms with Crippen LogP contribution < -0.4 is 4.57 Å². The van der Waals surface area contributed by atoms with Crippen LogP contribution in [0.1, 0.15) is 5.56 Å². The van der Waals surface area contributed by atoms with Crippen LogP contribution in [0.2, 0.25) is 0 Å². The van der Waals surface area contributed by atoms with E-state index in [0.29, 0.717) is 16.9 Å². The zero-order valence-electron chi connectivity index (χ0n) is 15.1. The lowest BCUT2D eigenvalue weighted by Crippen LogP contribution is -2.21. The maximum Gasteiger partial charge on any atom is 0.254 e. The molecule has 140 valence electrons. The first kappa shape index (κ1) is 17.9. The second-order valence-electron chi connectivity index (χ2n) is 6.19. The van der Waals surface area contributed by atoms with Crippen molar-refractivity contribution < 1.29 is 13.0 Å². The van der Waals surface area contributed by atoms with E-state index in [2.05, 4.69) is 21.3 Å². The molecule has 4 rings (SSSR count). The summed E-state index contributed by atoms with van der Waals surface area (Å²) in [7, 11) is -3.95. The first-order valence-corrected chi connectivity index (χ1v) is 9.93. The highest BCUT2D eigenvalue weighted by molar-refractivity contribution is 7.94. The lowest BCUT2D eigenvalue weighted by atomic mass is 10.2. The Bertz CT molecular complexity index is 1280. The van der Waals surface area contributed by atoms with Crippen molar-refractivity contribution in [2.24, 2.45) is 0 Å². The molecule has 8 heteroatoms. The number of fused-ring (bicyclic) bond motifs is 1. The van der Waals surface area contributed by atoms with Crippen LogP contribution in [-0.4, -0.2) is 23.0 Å².